The highest BCUT2D eigenvalue weighted by Gasteiger charge is 2.04. The molecule has 0 saturated carbocycles. The topological polar surface area (TPSA) is 61.1 Å². The summed E-state index contributed by atoms with van der Waals surface area (Å²) < 4.78 is 0. The van der Waals surface area contributed by atoms with Crippen molar-refractivity contribution in [1.82, 2.24) is 0 Å². The van der Waals surface area contributed by atoms with Gasteiger partial charge in [-0.2, -0.15) is 5.26 Å². The highest BCUT2D eigenvalue weighted by Crippen LogP contribution is 2.12. The summed E-state index contributed by atoms with van der Waals surface area (Å²) in [5.74, 6) is -0.917. The molecule has 72 valence electrons. The third-order valence-electron chi connectivity index (χ3n) is 2.10. The van der Waals surface area contributed by atoms with E-state index in [-0.39, 0.29) is 0 Å². The number of hydrogen-bond acceptors (Lipinski definition) is 2. The van der Waals surface area contributed by atoms with Crippen LogP contribution in [0.2, 0.25) is 0 Å². The van der Waals surface area contributed by atoms with Crippen molar-refractivity contribution in [3.8, 4) is 6.07 Å². The van der Waals surface area contributed by atoms with Gasteiger partial charge >= 0.3 is 5.97 Å². The summed E-state index contributed by atoms with van der Waals surface area (Å²) in [5, 5.41) is 17.1. The minimum atomic E-state index is -0.917. The van der Waals surface area contributed by atoms with Crippen LogP contribution in [0.1, 0.15) is 27.9 Å². The molecule has 0 bridgehead atoms. The molecule has 3 nitrogen and oxygen atoms in total. The van der Waals surface area contributed by atoms with Gasteiger partial charge in [0.2, 0.25) is 0 Å². The molecule has 0 fully saturated rings. The summed E-state index contributed by atoms with van der Waals surface area (Å²) in [6.45, 7) is 1.86. The first-order valence-electron chi connectivity index (χ1n) is 4.35. The van der Waals surface area contributed by atoms with Crippen LogP contribution in [0, 0.1) is 18.3 Å². The van der Waals surface area contributed by atoms with E-state index in [2.05, 4.69) is 6.07 Å². The molecule has 14 heavy (non-hydrogen) atoms. The number of nitriles is 1. The maximum absolute atomic E-state index is 10.6. The minimum absolute atomic E-state index is 0.295. The van der Waals surface area contributed by atoms with Crippen molar-refractivity contribution in [1.29, 1.82) is 5.26 Å². The van der Waals surface area contributed by atoms with Gasteiger partial charge in [-0.05, 0) is 36.6 Å². The van der Waals surface area contributed by atoms with Crippen LogP contribution >= 0.6 is 0 Å². The van der Waals surface area contributed by atoms with Gasteiger partial charge in [0.1, 0.15) is 0 Å². The number of carbonyl (C=O) groups is 1. The van der Waals surface area contributed by atoms with Crippen LogP contribution < -0.4 is 0 Å². The summed E-state index contributed by atoms with van der Waals surface area (Å²) in [6, 6.07) is 7.04. The van der Waals surface area contributed by atoms with Crippen LogP contribution in [-0.4, -0.2) is 11.1 Å². The third-order valence-corrected chi connectivity index (χ3v) is 2.10. The van der Waals surface area contributed by atoms with Crippen molar-refractivity contribution < 1.29 is 9.90 Å². The third kappa shape index (κ3) is 2.33. The zero-order chi connectivity index (χ0) is 10.6. The Morgan fingerprint density at radius 2 is 2.29 bits per heavy atom. The molecule has 0 saturated heterocycles. The molecule has 0 aliphatic heterocycles. The van der Waals surface area contributed by atoms with E-state index in [1.807, 2.05) is 6.92 Å². The van der Waals surface area contributed by atoms with E-state index >= 15 is 0 Å². The quantitative estimate of drug-likeness (QED) is 0.792. The van der Waals surface area contributed by atoms with Crippen molar-refractivity contribution in [2.45, 2.75) is 19.8 Å². The molecule has 0 heterocycles. The first-order valence-corrected chi connectivity index (χ1v) is 4.35. The number of hydrogen-bond donors (Lipinski definition) is 1. The molecule has 0 atom stereocenters. The lowest BCUT2D eigenvalue weighted by molar-refractivity contribution is 0.0697. The number of rotatable bonds is 3. The predicted molar refractivity (Wildman–Crippen MR) is 52.1 cm³/mol. The van der Waals surface area contributed by atoms with Gasteiger partial charge in [0, 0.05) is 6.42 Å². The number of aryl methyl sites for hydroxylation is 2. The monoisotopic (exact) mass is 189 g/mol. The summed E-state index contributed by atoms with van der Waals surface area (Å²) in [5.41, 5.74) is 2.26. The Balaban J connectivity index is 2.91. The molecule has 0 radical (unpaired) electrons. The van der Waals surface area contributed by atoms with Crippen molar-refractivity contribution in [2.75, 3.05) is 0 Å². The second-order valence-corrected chi connectivity index (χ2v) is 3.10. The fourth-order valence-corrected chi connectivity index (χ4v) is 1.30. The van der Waals surface area contributed by atoms with Crippen molar-refractivity contribution >= 4 is 5.97 Å². The largest absolute Gasteiger partial charge is 0.478 e. The van der Waals surface area contributed by atoms with Gasteiger partial charge in [0.05, 0.1) is 11.6 Å². The first kappa shape index (κ1) is 10.3. The van der Waals surface area contributed by atoms with E-state index in [9.17, 15) is 4.79 Å². The molecular formula is C11H11NO2. The summed E-state index contributed by atoms with van der Waals surface area (Å²) in [6.07, 6.45) is 1.15. The normalized spacial score (nSPS) is 9.43. The maximum Gasteiger partial charge on any atom is 0.335 e. The van der Waals surface area contributed by atoms with Crippen molar-refractivity contribution in [3.63, 3.8) is 0 Å². The first-order chi connectivity index (χ1) is 6.65. The van der Waals surface area contributed by atoms with Crippen LogP contribution in [0.15, 0.2) is 18.2 Å². The van der Waals surface area contributed by atoms with Crippen LogP contribution in [0.4, 0.5) is 0 Å². The van der Waals surface area contributed by atoms with Gasteiger partial charge in [0.15, 0.2) is 0 Å². The maximum atomic E-state index is 10.6. The van der Waals surface area contributed by atoms with Crippen molar-refractivity contribution in [3.05, 3.63) is 34.9 Å². The zero-order valence-corrected chi connectivity index (χ0v) is 7.95. The zero-order valence-electron chi connectivity index (χ0n) is 7.95. The van der Waals surface area contributed by atoms with E-state index in [1.165, 1.54) is 0 Å². The number of carboxylic acids is 1. The standard InChI is InChI=1S/C11H11NO2/c1-8-7-10(11(13)14)5-4-9(8)3-2-6-12/h4-5,7H,2-3H2,1H3,(H,13,14). The average molecular weight is 189 g/mol. The molecule has 3 heteroatoms. The molecule has 0 amide bonds. The molecule has 1 aromatic carbocycles. The van der Waals surface area contributed by atoms with E-state index in [0.29, 0.717) is 18.4 Å². The molecule has 1 rings (SSSR count). The summed E-state index contributed by atoms with van der Waals surface area (Å²) in [7, 11) is 0. The van der Waals surface area contributed by atoms with Crippen LogP contribution in [0.25, 0.3) is 0 Å². The number of carboxylic acid groups (broad SMARTS) is 1. The minimum Gasteiger partial charge on any atom is -0.478 e. The molecule has 0 unspecified atom stereocenters. The molecular weight excluding hydrogens is 178 g/mol. The number of benzene rings is 1. The van der Waals surface area contributed by atoms with Crippen molar-refractivity contribution in [2.24, 2.45) is 0 Å². The highest BCUT2D eigenvalue weighted by molar-refractivity contribution is 5.87. The summed E-state index contributed by atoms with van der Waals surface area (Å²) in [4.78, 5) is 10.6. The van der Waals surface area contributed by atoms with E-state index in [0.717, 1.165) is 11.1 Å². The summed E-state index contributed by atoms with van der Waals surface area (Å²) >= 11 is 0. The second-order valence-electron chi connectivity index (χ2n) is 3.10. The SMILES string of the molecule is Cc1cc(C(=O)O)ccc1CCC#N. The Morgan fingerprint density at radius 1 is 1.57 bits per heavy atom. The fraction of sp³-hybridized carbons (Fsp3) is 0.273. The second kappa shape index (κ2) is 4.43. The lowest BCUT2D eigenvalue weighted by atomic mass is 10.0. The lowest BCUT2D eigenvalue weighted by Gasteiger charge is -2.04. The molecule has 0 spiro atoms. The predicted octanol–water partition coefficient (Wildman–Crippen LogP) is 2.15. The Hall–Kier alpha value is -1.82. The van der Waals surface area contributed by atoms with E-state index < -0.39 is 5.97 Å². The van der Waals surface area contributed by atoms with Crippen LogP contribution in [0.5, 0.6) is 0 Å². The van der Waals surface area contributed by atoms with Crippen LogP contribution in [0.3, 0.4) is 0 Å². The number of nitrogens with zero attached hydrogens (tertiary/aromatic N) is 1. The molecule has 0 aliphatic carbocycles. The molecule has 0 aliphatic rings. The average Bonchev–Trinajstić information content (AvgIpc) is 2.15. The van der Waals surface area contributed by atoms with Gasteiger partial charge in [-0.15, -0.1) is 0 Å². The van der Waals surface area contributed by atoms with Crippen LogP contribution in [-0.2, 0) is 6.42 Å². The Bertz CT molecular complexity index is 391. The van der Waals surface area contributed by atoms with Gasteiger partial charge in [0.25, 0.3) is 0 Å². The Morgan fingerprint density at radius 3 is 2.79 bits per heavy atom. The molecule has 0 aromatic heterocycles. The fourth-order valence-electron chi connectivity index (χ4n) is 1.30. The van der Waals surface area contributed by atoms with Gasteiger partial charge < -0.3 is 5.11 Å². The van der Waals surface area contributed by atoms with Gasteiger partial charge in [-0.25, -0.2) is 4.79 Å². The van der Waals surface area contributed by atoms with Gasteiger partial charge in [-0.3, -0.25) is 0 Å². The van der Waals surface area contributed by atoms with E-state index in [1.54, 1.807) is 18.2 Å². The van der Waals surface area contributed by atoms with E-state index in [4.69, 9.17) is 10.4 Å². The molecule has 1 N–H and O–H groups in total. The lowest BCUT2D eigenvalue weighted by Crippen LogP contribution is -1.98. The Kier molecular flexibility index (Phi) is 3.24. The smallest absolute Gasteiger partial charge is 0.335 e. The number of aromatic carboxylic acids is 1. The Labute approximate surface area is 82.6 Å². The van der Waals surface area contributed by atoms with Gasteiger partial charge in [-0.1, -0.05) is 6.07 Å². The molecule has 1 aromatic rings. The highest BCUT2D eigenvalue weighted by atomic mass is 16.4.